The standard InChI is InChI=1S/C32H40N4O3S2/c1-3-4-7-26(22(2)35-11-15-38-16-12-35)33-23-9-10-28-30(19-23)40-29-8-5-6-25(32(29)41-28)27-20-24(21-31(37)34-27)36-13-17-39-18-14-36/h5-6,8-10,19-22,26,33H,3-4,7,11-18H2,1-2H3,(H,34,37)/t22-,26?/m0/s1. The predicted molar refractivity (Wildman–Crippen MR) is 169 cm³/mol. The van der Waals surface area contributed by atoms with Crippen LogP contribution in [-0.2, 0) is 9.47 Å². The van der Waals surface area contributed by atoms with Crippen LogP contribution < -0.4 is 15.8 Å². The fourth-order valence-corrected chi connectivity index (χ4v) is 8.31. The number of ether oxygens (including phenoxy) is 2. The van der Waals surface area contributed by atoms with E-state index in [2.05, 4.69) is 76.4 Å². The van der Waals surface area contributed by atoms with Crippen molar-refractivity contribution in [3.63, 3.8) is 0 Å². The van der Waals surface area contributed by atoms with Gasteiger partial charge in [-0.3, -0.25) is 9.69 Å². The lowest BCUT2D eigenvalue weighted by atomic mass is 10.0. The van der Waals surface area contributed by atoms with Gasteiger partial charge in [0, 0.05) is 80.8 Å². The highest BCUT2D eigenvalue weighted by atomic mass is 32.2. The molecule has 41 heavy (non-hydrogen) atoms. The van der Waals surface area contributed by atoms with Crippen LogP contribution in [0.4, 0.5) is 11.4 Å². The van der Waals surface area contributed by atoms with E-state index < -0.39 is 0 Å². The van der Waals surface area contributed by atoms with Gasteiger partial charge in [-0.25, -0.2) is 0 Å². The van der Waals surface area contributed by atoms with Gasteiger partial charge in [-0.1, -0.05) is 55.4 Å². The first-order valence-electron chi connectivity index (χ1n) is 14.9. The number of hydrogen-bond donors (Lipinski definition) is 2. The third-order valence-corrected chi connectivity index (χ3v) is 10.9. The van der Waals surface area contributed by atoms with Gasteiger partial charge in [-0.15, -0.1) is 0 Å². The predicted octanol–water partition coefficient (Wildman–Crippen LogP) is 6.19. The van der Waals surface area contributed by atoms with Gasteiger partial charge in [0.25, 0.3) is 0 Å². The molecule has 2 atom stereocenters. The molecule has 7 nitrogen and oxygen atoms in total. The minimum atomic E-state index is -0.0740. The Morgan fingerprint density at radius 2 is 1.71 bits per heavy atom. The molecule has 2 saturated heterocycles. The number of morpholine rings is 2. The van der Waals surface area contributed by atoms with Gasteiger partial charge in [0.15, 0.2) is 0 Å². The summed E-state index contributed by atoms with van der Waals surface area (Å²) in [6.45, 7) is 11.3. The Balaban J connectivity index is 1.23. The minimum absolute atomic E-state index is 0.0740. The Morgan fingerprint density at radius 1 is 0.927 bits per heavy atom. The molecule has 3 aliphatic heterocycles. The monoisotopic (exact) mass is 592 g/mol. The first-order chi connectivity index (χ1) is 20.1. The van der Waals surface area contributed by atoms with Crippen LogP contribution in [0.5, 0.6) is 0 Å². The molecule has 3 aromatic rings. The van der Waals surface area contributed by atoms with Crippen molar-refractivity contribution in [3.8, 4) is 11.3 Å². The van der Waals surface area contributed by atoms with Crippen LogP contribution in [0.3, 0.4) is 0 Å². The summed E-state index contributed by atoms with van der Waals surface area (Å²) < 4.78 is 11.1. The molecule has 0 spiro atoms. The summed E-state index contributed by atoms with van der Waals surface area (Å²) in [6, 6.07) is 17.8. The lowest BCUT2D eigenvalue weighted by Gasteiger charge is -2.38. The average molecular weight is 593 g/mol. The highest BCUT2D eigenvalue weighted by molar-refractivity contribution is 8.05. The number of fused-ring (bicyclic) bond motifs is 2. The number of H-pyrrole nitrogens is 1. The van der Waals surface area contributed by atoms with Crippen LogP contribution in [0.25, 0.3) is 11.3 Å². The van der Waals surface area contributed by atoms with Crippen molar-refractivity contribution in [2.75, 3.05) is 62.8 Å². The molecule has 3 aliphatic rings. The van der Waals surface area contributed by atoms with Gasteiger partial charge in [0.05, 0.1) is 32.1 Å². The van der Waals surface area contributed by atoms with Crippen molar-refractivity contribution >= 4 is 34.9 Å². The van der Waals surface area contributed by atoms with E-state index in [4.69, 9.17) is 9.47 Å². The van der Waals surface area contributed by atoms with Crippen molar-refractivity contribution < 1.29 is 9.47 Å². The average Bonchev–Trinajstić information content (AvgIpc) is 3.02. The van der Waals surface area contributed by atoms with Gasteiger partial charge in [-0.2, -0.15) is 0 Å². The number of aromatic amines is 1. The van der Waals surface area contributed by atoms with Crippen LogP contribution in [0.2, 0.25) is 0 Å². The molecule has 2 aromatic carbocycles. The van der Waals surface area contributed by atoms with E-state index in [1.807, 2.05) is 11.8 Å². The van der Waals surface area contributed by atoms with Gasteiger partial charge in [-0.05, 0) is 43.7 Å². The number of nitrogens with zero attached hydrogens (tertiary/aromatic N) is 2. The minimum Gasteiger partial charge on any atom is -0.381 e. The molecular weight excluding hydrogens is 553 g/mol. The Bertz CT molecular complexity index is 1400. The number of nitrogens with one attached hydrogen (secondary N) is 2. The molecular formula is C32H40N4O3S2. The Labute approximate surface area is 251 Å². The smallest absolute Gasteiger partial charge is 0.250 e. The Morgan fingerprint density at radius 3 is 2.49 bits per heavy atom. The summed E-state index contributed by atoms with van der Waals surface area (Å²) in [5, 5.41) is 3.91. The molecule has 1 unspecified atom stereocenters. The molecule has 1 aromatic heterocycles. The number of unbranched alkanes of at least 4 members (excludes halogenated alkanes) is 1. The van der Waals surface area contributed by atoms with Crippen molar-refractivity contribution in [2.45, 2.75) is 64.8 Å². The molecule has 4 heterocycles. The van der Waals surface area contributed by atoms with Crippen molar-refractivity contribution in [1.29, 1.82) is 0 Å². The Hall–Kier alpha value is -2.43. The van der Waals surface area contributed by atoms with E-state index >= 15 is 0 Å². The summed E-state index contributed by atoms with van der Waals surface area (Å²) in [6.07, 6.45) is 3.57. The zero-order valence-corrected chi connectivity index (χ0v) is 25.6. The summed E-state index contributed by atoms with van der Waals surface area (Å²) >= 11 is 3.61. The van der Waals surface area contributed by atoms with E-state index in [-0.39, 0.29) is 5.56 Å². The summed E-state index contributed by atoms with van der Waals surface area (Å²) in [7, 11) is 0. The van der Waals surface area contributed by atoms with Crippen LogP contribution in [0, 0.1) is 0 Å². The number of anilines is 2. The van der Waals surface area contributed by atoms with Gasteiger partial charge in [0.1, 0.15) is 0 Å². The highest BCUT2D eigenvalue weighted by Gasteiger charge is 2.26. The summed E-state index contributed by atoms with van der Waals surface area (Å²) in [4.78, 5) is 25.5. The highest BCUT2D eigenvalue weighted by Crippen LogP contribution is 2.52. The number of hydrogen-bond acceptors (Lipinski definition) is 8. The molecule has 0 saturated carbocycles. The topological polar surface area (TPSA) is 69.8 Å². The molecule has 0 radical (unpaired) electrons. The lowest BCUT2D eigenvalue weighted by Crippen LogP contribution is -2.49. The second-order valence-electron chi connectivity index (χ2n) is 11.0. The van der Waals surface area contributed by atoms with E-state index in [0.717, 1.165) is 62.8 Å². The molecule has 9 heteroatoms. The first-order valence-corrected chi connectivity index (χ1v) is 16.5. The molecule has 2 N–H and O–H groups in total. The third-order valence-electron chi connectivity index (χ3n) is 8.27. The van der Waals surface area contributed by atoms with E-state index in [9.17, 15) is 4.79 Å². The Kier molecular flexibility index (Phi) is 9.27. The van der Waals surface area contributed by atoms with E-state index in [0.29, 0.717) is 25.3 Å². The maximum absolute atomic E-state index is 12.7. The summed E-state index contributed by atoms with van der Waals surface area (Å²) in [5.74, 6) is 0. The SMILES string of the molecule is CCCCC(Nc1ccc2c(c1)Sc1cccc(-c3cc(N4CCOCC4)cc(=O)[nH]3)c1S2)[C@H](C)N1CCOCC1. The number of benzene rings is 2. The lowest BCUT2D eigenvalue weighted by molar-refractivity contribution is 0.0159. The maximum Gasteiger partial charge on any atom is 0.250 e. The van der Waals surface area contributed by atoms with Gasteiger partial charge < -0.3 is 24.7 Å². The third kappa shape index (κ3) is 6.65. The van der Waals surface area contributed by atoms with Crippen LogP contribution >= 0.6 is 23.5 Å². The summed E-state index contributed by atoms with van der Waals surface area (Å²) in [5.41, 5.74) is 3.99. The zero-order chi connectivity index (χ0) is 28.2. The normalized spacial score (nSPS) is 18.8. The van der Waals surface area contributed by atoms with Gasteiger partial charge >= 0.3 is 0 Å². The van der Waals surface area contributed by atoms with Gasteiger partial charge in [0.2, 0.25) is 5.56 Å². The second kappa shape index (κ2) is 13.3. The molecule has 0 amide bonds. The first kappa shape index (κ1) is 28.7. The molecule has 218 valence electrons. The van der Waals surface area contributed by atoms with E-state index in [1.54, 1.807) is 17.8 Å². The molecule has 6 rings (SSSR count). The quantitative estimate of drug-likeness (QED) is 0.239. The van der Waals surface area contributed by atoms with Crippen molar-refractivity contribution in [1.82, 2.24) is 9.88 Å². The second-order valence-corrected chi connectivity index (χ2v) is 13.1. The van der Waals surface area contributed by atoms with Crippen LogP contribution in [0.1, 0.15) is 33.1 Å². The van der Waals surface area contributed by atoms with Crippen LogP contribution in [0.15, 0.2) is 72.9 Å². The fourth-order valence-electron chi connectivity index (χ4n) is 5.89. The van der Waals surface area contributed by atoms with E-state index in [1.165, 1.54) is 38.1 Å². The number of aromatic nitrogens is 1. The molecule has 0 aliphatic carbocycles. The van der Waals surface area contributed by atoms with Crippen LogP contribution in [-0.4, -0.2) is 74.6 Å². The maximum atomic E-state index is 12.7. The molecule has 0 bridgehead atoms. The number of pyridine rings is 1. The molecule has 2 fully saturated rings. The largest absolute Gasteiger partial charge is 0.381 e. The van der Waals surface area contributed by atoms with Crippen molar-refractivity contribution in [2.24, 2.45) is 0 Å². The fraction of sp³-hybridized carbons (Fsp3) is 0.469. The number of rotatable bonds is 9. The zero-order valence-electron chi connectivity index (χ0n) is 24.0. The van der Waals surface area contributed by atoms with Crippen molar-refractivity contribution in [3.05, 3.63) is 58.9 Å².